The summed E-state index contributed by atoms with van der Waals surface area (Å²) in [5.41, 5.74) is -0.0534. The summed E-state index contributed by atoms with van der Waals surface area (Å²) >= 11 is 6.68. The number of anilines is 1. The zero-order valence-electron chi connectivity index (χ0n) is 12.5. The lowest BCUT2D eigenvalue weighted by atomic mass is 10.3. The maximum Gasteiger partial charge on any atom is 0.267 e. The first-order valence-corrected chi connectivity index (χ1v) is 9.93. The molecule has 1 fully saturated rings. The van der Waals surface area contributed by atoms with Crippen LogP contribution >= 0.6 is 22.9 Å². The highest BCUT2D eigenvalue weighted by Crippen LogP contribution is 2.29. The van der Waals surface area contributed by atoms with Gasteiger partial charge in [0.1, 0.15) is 15.6 Å². The highest BCUT2D eigenvalue weighted by atomic mass is 35.5. The summed E-state index contributed by atoms with van der Waals surface area (Å²) < 4.78 is 40.5. The topological polar surface area (TPSA) is 66.5 Å². The quantitative estimate of drug-likeness (QED) is 0.870. The molecule has 1 aromatic heterocycles. The summed E-state index contributed by atoms with van der Waals surface area (Å²) in [6, 6.07) is 5.26. The molecule has 1 saturated heterocycles. The Bertz CT molecular complexity index is 877. The molecule has 1 N–H and O–H groups in total. The van der Waals surface area contributed by atoms with E-state index in [-0.39, 0.29) is 20.5 Å². The Balaban J connectivity index is 1.88. The Hall–Kier alpha value is -1.48. The van der Waals surface area contributed by atoms with Gasteiger partial charge in [0.25, 0.3) is 5.91 Å². The average molecular weight is 389 g/mol. The number of halogens is 2. The molecule has 1 aromatic carbocycles. The van der Waals surface area contributed by atoms with E-state index in [4.69, 9.17) is 11.6 Å². The molecule has 0 spiro atoms. The number of carbonyl (C=O) groups excluding carboxylic acids is 1. The van der Waals surface area contributed by atoms with Gasteiger partial charge in [0.05, 0.1) is 5.69 Å². The highest BCUT2D eigenvalue weighted by molar-refractivity contribution is 7.89. The molecule has 0 atom stereocenters. The lowest BCUT2D eigenvalue weighted by molar-refractivity contribution is 0.102. The van der Waals surface area contributed by atoms with Crippen molar-refractivity contribution in [1.82, 2.24) is 4.31 Å². The molecular formula is C15H14ClFN2O3S2. The molecule has 9 heteroatoms. The summed E-state index contributed by atoms with van der Waals surface area (Å²) in [7, 11) is -3.71. The van der Waals surface area contributed by atoms with Gasteiger partial charge in [-0.25, -0.2) is 12.8 Å². The summed E-state index contributed by atoms with van der Waals surface area (Å²) in [6.07, 6.45) is 1.61. The number of hydrogen-bond acceptors (Lipinski definition) is 4. The van der Waals surface area contributed by atoms with Crippen LogP contribution in [0.3, 0.4) is 0 Å². The minimum Gasteiger partial charge on any atom is -0.319 e. The van der Waals surface area contributed by atoms with Gasteiger partial charge in [-0.05, 0) is 42.5 Å². The lowest BCUT2D eigenvalue weighted by Crippen LogP contribution is -2.29. The zero-order valence-corrected chi connectivity index (χ0v) is 14.8. The van der Waals surface area contributed by atoms with Crippen LogP contribution in [0.1, 0.15) is 22.5 Å². The SMILES string of the molecule is O=C(Nc1ccc(Cl)cc1F)c1sccc1S(=O)(=O)N1CCCC1. The van der Waals surface area contributed by atoms with E-state index < -0.39 is 21.7 Å². The van der Waals surface area contributed by atoms with Crippen LogP contribution in [0, 0.1) is 5.82 Å². The molecular weight excluding hydrogens is 375 g/mol. The van der Waals surface area contributed by atoms with Crippen molar-refractivity contribution in [3.8, 4) is 0 Å². The normalized spacial score (nSPS) is 15.6. The molecule has 1 aliphatic rings. The summed E-state index contributed by atoms with van der Waals surface area (Å²) in [6.45, 7) is 0.899. The third kappa shape index (κ3) is 3.32. The van der Waals surface area contributed by atoms with E-state index in [9.17, 15) is 17.6 Å². The number of thiophene rings is 1. The van der Waals surface area contributed by atoms with Crippen molar-refractivity contribution in [3.63, 3.8) is 0 Å². The van der Waals surface area contributed by atoms with Crippen molar-refractivity contribution in [2.75, 3.05) is 18.4 Å². The number of hydrogen-bond donors (Lipinski definition) is 1. The van der Waals surface area contributed by atoms with Gasteiger partial charge in [-0.1, -0.05) is 11.6 Å². The summed E-state index contributed by atoms with van der Waals surface area (Å²) in [4.78, 5) is 12.4. The molecule has 3 rings (SSSR count). The van der Waals surface area contributed by atoms with Crippen molar-refractivity contribution >= 4 is 44.6 Å². The zero-order chi connectivity index (χ0) is 17.3. The second-order valence-corrected chi connectivity index (χ2v) is 8.56. The number of nitrogens with one attached hydrogen (secondary N) is 1. The van der Waals surface area contributed by atoms with Gasteiger partial charge in [-0.15, -0.1) is 11.3 Å². The van der Waals surface area contributed by atoms with Crippen LogP contribution in [-0.4, -0.2) is 31.7 Å². The fourth-order valence-corrected chi connectivity index (χ4v) is 5.48. The number of benzene rings is 1. The molecule has 24 heavy (non-hydrogen) atoms. The van der Waals surface area contributed by atoms with E-state index in [0.29, 0.717) is 13.1 Å². The predicted molar refractivity (Wildman–Crippen MR) is 91.7 cm³/mol. The van der Waals surface area contributed by atoms with Crippen LogP contribution in [-0.2, 0) is 10.0 Å². The van der Waals surface area contributed by atoms with Gasteiger partial charge in [-0.3, -0.25) is 4.79 Å². The van der Waals surface area contributed by atoms with Crippen molar-refractivity contribution in [3.05, 3.63) is 45.4 Å². The first kappa shape index (κ1) is 17.3. The van der Waals surface area contributed by atoms with E-state index in [1.807, 2.05) is 0 Å². The average Bonchev–Trinajstić information content (AvgIpc) is 3.21. The van der Waals surface area contributed by atoms with Crippen LogP contribution < -0.4 is 5.32 Å². The number of nitrogens with zero attached hydrogens (tertiary/aromatic N) is 1. The van der Waals surface area contributed by atoms with Crippen molar-refractivity contribution in [1.29, 1.82) is 0 Å². The highest BCUT2D eigenvalue weighted by Gasteiger charge is 2.32. The molecule has 0 radical (unpaired) electrons. The smallest absolute Gasteiger partial charge is 0.267 e. The Kier molecular flexibility index (Phi) is 4.91. The third-order valence-corrected chi connectivity index (χ3v) is 6.92. The molecule has 0 bridgehead atoms. The van der Waals surface area contributed by atoms with Gasteiger partial charge in [0.2, 0.25) is 10.0 Å². The van der Waals surface area contributed by atoms with E-state index in [0.717, 1.165) is 30.2 Å². The largest absolute Gasteiger partial charge is 0.319 e. The maximum atomic E-state index is 13.8. The van der Waals surface area contributed by atoms with E-state index in [1.165, 1.54) is 27.9 Å². The van der Waals surface area contributed by atoms with Gasteiger partial charge in [0, 0.05) is 18.1 Å². The van der Waals surface area contributed by atoms with Gasteiger partial charge in [-0.2, -0.15) is 4.31 Å². The molecule has 0 saturated carbocycles. The van der Waals surface area contributed by atoms with Gasteiger partial charge >= 0.3 is 0 Å². The predicted octanol–water partition coefficient (Wildman–Crippen LogP) is 3.58. The summed E-state index contributed by atoms with van der Waals surface area (Å²) in [5.74, 6) is -1.35. The second kappa shape index (κ2) is 6.79. The van der Waals surface area contributed by atoms with Crippen molar-refractivity contribution < 1.29 is 17.6 Å². The van der Waals surface area contributed by atoms with Crippen LogP contribution in [0.4, 0.5) is 10.1 Å². The maximum absolute atomic E-state index is 13.8. The third-order valence-electron chi connectivity index (χ3n) is 3.70. The Morgan fingerprint density at radius 1 is 1.25 bits per heavy atom. The minimum absolute atomic E-state index is 0.0382. The van der Waals surface area contributed by atoms with Crippen molar-refractivity contribution in [2.45, 2.75) is 17.7 Å². The van der Waals surface area contributed by atoms with Crippen LogP contribution in [0.15, 0.2) is 34.5 Å². The Morgan fingerprint density at radius 2 is 1.96 bits per heavy atom. The number of carbonyl (C=O) groups is 1. The number of amides is 1. The standard InChI is InChI=1S/C15H14ClFN2O3S2/c16-10-3-4-12(11(17)9-10)18-15(20)14-13(5-8-23-14)24(21,22)19-6-1-2-7-19/h3-5,8-9H,1-2,6-7H2,(H,18,20). The Morgan fingerprint density at radius 3 is 2.62 bits per heavy atom. The molecule has 1 amide bonds. The number of rotatable bonds is 4. The molecule has 0 aliphatic carbocycles. The molecule has 5 nitrogen and oxygen atoms in total. The minimum atomic E-state index is -3.71. The van der Waals surface area contributed by atoms with E-state index in [2.05, 4.69) is 5.32 Å². The monoisotopic (exact) mass is 388 g/mol. The van der Waals surface area contributed by atoms with Gasteiger partial charge in [0.15, 0.2) is 0 Å². The second-order valence-electron chi connectivity index (χ2n) is 5.30. The molecule has 0 unspecified atom stereocenters. The molecule has 2 heterocycles. The Labute approximate surface area is 148 Å². The summed E-state index contributed by atoms with van der Waals surface area (Å²) in [5, 5.41) is 4.14. The number of sulfonamides is 1. The van der Waals surface area contributed by atoms with Crippen LogP contribution in [0.5, 0.6) is 0 Å². The van der Waals surface area contributed by atoms with Crippen molar-refractivity contribution in [2.24, 2.45) is 0 Å². The fraction of sp³-hybridized carbons (Fsp3) is 0.267. The van der Waals surface area contributed by atoms with Crippen LogP contribution in [0.2, 0.25) is 5.02 Å². The fourth-order valence-electron chi connectivity index (χ4n) is 2.50. The molecule has 2 aromatic rings. The van der Waals surface area contributed by atoms with Gasteiger partial charge < -0.3 is 5.32 Å². The first-order valence-electron chi connectivity index (χ1n) is 7.23. The molecule has 1 aliphatic heterocycles. The van der Waals surface area contributed by atoms with E-state index in [1.54, 1.807) is 0 Å². The first-order chi connectivity index (χ1) is 11.4. The van der Waals surface area contributed by atoms with E-state index >= 15 is 0 Å². The molecule has 128 valence electrons. The lowest BCUT2D eigenvalue weighted by Gasteiger charge is -2.15. The van der Waals surface area contributed by atoms with Crippen LogP contribution in [0.25, 0.3) is 0 Å².